The number of nitrogens with zero attached hydrogens (tertiary/aromatic N) is 2. The van der Waals surface area contributed by atoms with E-state index in [-0.39, 0.29) is 18.2 Å². The molecule has 0 bridgehead atoms. The standard InChI is InChI=1S/C16H14N2O5/c1-22-13-5-2-11(3-6-13)9-17-14-7-4-12(18(20)21)8-15(14)23-10-16(17)19/h2-8H,9-10H2,1H3. The summed E-state index contributed by atoms with van der Waals surface area (Å²) in [5.41, 5.74) is 1.38. The van der Waals surface area contributed by atoms with Gasteiger partial charge in [-0.25, -0.2) is 0 Å². The predicted octanol–water partition coefficient (Wildman–Crippen LogP) is 2.53. The highest BCUT2D eigenvalue weighted by Crippen LogP contribution is 2.36. The number of hydrogen-bond donors (Lipinski definition) is 0. The number of nitro benzene ring substituents is 1. The Morgan fingerprint density at radius 2 is 2.00 bits per heavy atom. The van der Waals surface area contributed by atoms with Gasteiger partial charge in [-0.15, -0.1) is 0 Å². The van der Waals surface area contributed by atoms with Crippen molar-refractivity contribution in [3.05, 3.63) is 58.1 Å². The first-order valence-electron chi connectivity index (χ1n) is 6.93. The SMILES string of the molecule is COc1ccc(CN2C(=O)COc3cc([N+](=O)[O-])ccc32)cc1. The maximum atomic E-state index is 12.1. The highest BCUT2D eigenvalue weighted by Gasteiger charge is 2.27. The number of fused-ring (bicyclic) bond motifs is 1. The number of carbonyl (C=O) groups excluding carboxylic acids is 1. The molecule has 23 heavy (non-hydrogen) atoms. The Bertz CT molecular complexity index is 758. The first-order chi connectivity index (χ1) is 11.1. The quantitative estimate of drug-likeness (QED) is 0.640. The van der Waals surface area contributed by atoms with Crippen LogP contribution in [0.4, 0.5) is 11.4 Å². The molecule has 0 saturated heterocycles. The molecule has 0 aliphatic carbocycles. The van der Waals surface area contributed by atoms with E-state index in [9.17, 15) is 14.9 Å². The van der Waals surface area contributed by atoms with Gasteiger partial charge in [0.2, 0.25) is 0 Å². The first-order valence-corrected chi connectivity index (χ1v) is 6.93. The van der Waals surface area contributed by atoms with Crippen molar-refractivity contribution in [3.8, 4) is 11.5 Å². The maximum absolute atomic E-state index is 12.1. The Hall–Kier alpha value is -3.09. The highest BCUT2D eigenvalue weighted by molar-refractivity contribution is 5.98. The molecule has 0 N–H and O–H groups in total. The van der Waals surface area contributed by atoms with Crippen LogP contribution in [-0.2, 0) is 11.3 Å². The second-order valence-electron chi connectivity index (χ2n) is 5.03. The summed E-state index contributed by atoms with van der Waals surface area (Å²) in [5.74, 6) is 0.882. The van der Waals surface area contributed by atoms with Crippen LogP contribution in [-0.4, -0.2) is 24.5 Å². The molecule has 1 heterocycles. The second-order valence-corrected chi connectivity index (χ2v) is 5.03. The number of non-ortho nitro benzene ring substituents is 1. The van der Waals surface area contributed by atoms with Gasteiger partial charge in [0.15, 0.2) is 12.4 Å². The molecule has 7 nitrogen and oxygen atoms in total. The molecule has 0 saturated carbocycles. The minimum absolute atomic E-state index is 0.0671. The lowest BCUT2D eigenvalue weighted by Gasteiger charge is -2.29. The van der Waals surface area contributed by atoms with Crippen LogP contribution in [0.3, 0.4) is 0 Å². The summed E-state index contributed by atoms with van der Waals surface area (Å²) < 4.78 is 10.4. The van der Waals surface area contributed by atoms with E-state index in [4.69, 9.17) is 9.47 Å². The number of amides is 1. The van der Waals surface area contributed by atoms with Crippen molar-refractivity contribution in [3.63, 3.8) is 0 Å². The van der Waals surface area contributed by atoms with Gasteiger partial charge in [-0.2, -0.15) is 0 Å². The zero-order valence-corrected chi connectivity index (χ0v) is 12.4. The molecule has 0 fully saturated rings. The number of benzene rings is 2. The summed E-state index contributed by atoms with van der Waals surface area (Å²) in [6, 6.07) is 11.6. The van der Waals surface area contributed by atoms with Crippen molar-refractivity contribution in [1.82, 2.24) is 0 Å². The molecule has 2 aromatic carbocycles. The lowest BCUT2D eigenvalue weighted by molar-refractivity contribution is -0.384. The zero-order chi connectivity index (χ0) is 16.4. The molecule has 0 radical (unpaired) electrons. The Morgan fingerprint density at radius 1 is 1.26 bits per heavy atom. The molecule has 7 heteroatoms. The third-order valence-corrected chi connectivity index (χ3v) is 3.60. The summed E-state index contributed by atoms with van der Waals surface area (Å²) in [6.45, 7) is 0.224. The minimum Gasteiger partial charge on any atom is -0.497 e. The maximum Gasteiger partial charge on any atom is 0.273 e. The summed E-state index contributed by atoms with van der Waals surface area (Å²) >= 11 is 0. The van der Waals surface area contributed by atoms with Gasteiger partial charge in [0.1, 0.15) is 5.75 Å². The van der Waals surface area contributed by atoms with Crippen LogP contribution in [0.25, 0.3) is 0 Å². The molecule has 3 rings (SSSR count). The Labute approximate surface area is 132 Å². The Morgan fingerprint density at radius 3 is 2.65 bits per heavy atom. The molecule has 0 spiro atoms. The number of rotatable bonds is 4. The molecule has 0 atom stereocenters. The van der Waals surface area contributed by atoms with Crippen molar-refractivity contribution in [1.29, 1.82) is 0 Å². The van der Waals surface area contributed by atoms with Crippen LogP contribution in [0.5, 0.6) is 11.5 Å². The average Bonchev–Trinajstić information content (AvgIpc) is 2.57. The molecule has 118 valence electrons. The van der Waals surface area contributed by atoms with E-state index in [1.807, 2.05) is 24.3 Å². The topological polar surface area (TPSA) is 81.9 Å². The molecule has 0 unspecified atom stereocenters. The van der Waals surface area contributed by atoms with Gasteiger partial charge in [-0.1, -0.05) is 12.1 Å². The molecule has 0 aromatic heterocycles. The lowest BCUT2D eigenvalue weighted by atomic mass is 10.1. The van der Waals surface area contributed by atoms with Gasteiger partial charge >= 0.3 is 0 Å². The van der Waals surface area contributed by atoms with Crippen LogP contribution in [0.1, 0.15) is 5.56 Å². The van der Waals surface area contributed by atoms with E-state index in [1.54, 1.807) is 12.0 Å². The second kappa shape index (κ2) is 5.96. The number of anilines is 1. The Balaban J connectivity index is 1.90. The highest BCUT2D eigenvalue weighted by atomic mass is 16.6. The van der Waals surface area contributed by atoms with Crippen LogP contribution >= 0.6 is 0 Å². The van der Waals surface area contributed by atoms with Crippen molar-refractivity contribution in [2.75, 3.05) is 18.6 Å². The van der Waals surface area contributed by atoms with Crippen LogP contribution in [0.15, 0.2) is 42.5 Å². The zero-order valence-electron chi connectivity index (χ0n) is 12.4. The van der Waals surface area contributed by atoms with Crippen molar-refractivity contribution >= 4 is 17.3 Å². The third-order valence-electron chi connectivity index (χ3n) is 3.60. The van der Waals surface area contributed by atoms with Gasteiger partial charge < -0.3 is 14.4 Å². The molecular formula is C16H14N2O5. The van der Waals surface area contributed by atoms with Crippen LogP contribution in [0.2, 0.25) is 0 Å². The smallest absolute Gasteiger partial charge is 0.273 e. The molecular weight excluding hydrogens is 300 g/mol. The fraction of sp³-hybridized carbons (Fsp3) is 0.188. The van der Waals surface area contributed by atoms with Gasteiger partial charge in [0.05, 0.1) is 30.3 Å². The number of methoxy groups -OCH3 is 1. The van der Waals surface area contributed by atoms with Crippen molar-refractivity contribution in [2.24, 2.45) is 0 Å². The van der Waals surface area contributed by atoms with E-state index < -0.39 is 4.92 Å². The van der Waals surface area contributed by atoms with E-state index in [0.717, 1.165) is 11.3 Å². The fourth-order valence-electron chi connectivity index (χ4n) is 2.39. The number of nitro groups is 1. The molecule has 1 amide bonds. The van der Waals surface area contributed by atoms with E-state index in [2.05, 4.69) is 0 Å². The molecule has 1 aliphatic heterocycles. The van der Waals surface area contributed by atoms with E-state index >= 15 is 0 Å². The molecule has 1 aliphatic rings. The molecule has 2 aromatic rings. The summed E-state index contributed by atoms with van der Waals surface area (Å²) in [6.07, 6.45) is 0. The van der Waals surface area contributed by atoms with Crippen molar-refractivity contribution < 1.29 is 19.2 Å². The van der Waals surface area contributed by atoms with Crippen molar-refractivity contribution in [2.45, 2.75) is 6.54 Å². The number of carbonyl (C=O) groups is 1. The average molecular weight is 314 g/mol. The van der Waals surface area contributed by atoms with E-state index in [1.165, 1.54) is 18.2 Å². The largest absolute Gasteiger partial charge is 0.497 e. The van der Waals surface area contributed by atoms with Gasteiger partial charge in [-0.3, -0.25) is 14.9 Å². The van der Waals surface area contributed by atoms with Gasteiger partial charge in [0, 0.05) is 6.07 Å². The predicted molar refractivity (Wildman–Crippen MR) is 82.8 cm³/mol. The number of hydrogen-bond acceptors (Lipinski definition) is 5. The van der Waals surface area contributed by atoms with E-state index in [0.29, 0.717) is 18.0 Å². The number of ether oxygens (including phenoxy) is 2. The lowest BCUT2D eigenvalue weighted by Crippen LogP contribution is -2.38. The first kappa shape index (κ1) is 14.8. The summed E-state index contributed by atoms with van der Waals surface area (Å²) in [4.78, 5) is 24.1. The fourth-order valence-corrected chi connectivity index (χ4v) is 2.39. The van der Waals surface area contributed by atoms with Crippen LogP contribution < -0.4 is 14.4 Å². The minimum atomic E-state index is -0.492. The third kappa shape index (κ3) is 2.94. The summed E-state index contributed by atoms with van der Waals surface area (Å²) in [7, 11) is 1.59. The monoisotopic (exact) mass is 314 g/mol. The van der Waals surface area contributed by atoms with Gasteiger partial charge in [-0.05, 0) is 23.8 Å². The summed E-state index contributed by atoms with van der Waals surface area (Å²) in [5, 5.41) is 10.8. The van der Waals surface area contributed by atoms with Crippen LogP contribution in [0, 0.1) is 10.1 Å². The Kier molecular flexibility index (Phi) is 3.84. The normalized spacial score (nSPS) is 13.3. The van der Waals surface area contributed by atoms with Gasteiger partial charge in [0.25, 0.3) is 11.6 Å².